The summed E-state index contributed by atoms with van der Waals surface area (Å²) in [6.45, 7) is 0.00398. The molecule has 2 heterocycles. The third kappa shape index (κ3) is 1.02. The maximum absolute atomic E-state index is 10.7. The maximum Gasteiger partial charge on any atom is 0.284 e. The van der Waals surface area contributed by atoms with Crippen molar-refractivity contribution in [1.29, 1.82) is 0 Å². The molecule has 0 unspecified atom stereocenters. The van der Waals surface area contributed by atoms with Crippen LogP contribution in [0, 0.1) is 0 Å². The van der Waals surface area contributed by atoms with Gasteiger partial charge < -0.3 is 4.74 Å². The molecule has 4 nitrogen and oxygen atoms in total. The van der Waals surface area contributed by atoms with Gasteiger partial charge in [0.2, 0.25) is 5.88 Å². The second-order valence-corrected chi connectivity index (χ2v) is 2.12. The number of aromatic nitrogens is 1. The molecule has 1 aromatic rings. The van der Waals surface area contributed by atoms with Crippen LogP contribution in [0.4, 0.5) is 5.69 Å². The molecule has 0 atom stereocenters. The second kappa shape index (κ2) is 2.23. The minimum atomic E-state index is -0.259. The third-order valence-corrected chi connectivity index (χ3v) is 1.33. The molecule has 0 bridgehead atoms. The fourth-order valence-electron chi connectivity index (χ4n) is 0.875. The lowest BCUT2D eigenvalue weighted by molar-refractivity contribution is -0.123. The van der Waals surface area contributed by atoms with Crippen LogP contribution in [-0.4, -0.2) is 17.5 Å². The monoisotopic (exact) mass is 149 g/mol. The SMILES string of the molecule is O=C1COc2ncccc2[N]1. The molecular weight excluding hydrogens is 144 g/mol. The largest absolute Gasteiger partial charge is 0.466 e. The number of ether oxygens (including phenoxy) is 1. The van der Waals surface area contributed by atoms with Crippen LogP contribution in [0.15, 0.2) is 18.3 Å². The van der Waals surface area contributed by atoms with Gasteiger partial charge in [-0.2, -0.15) is 0 Å². The summed E-state index contributed by atoms with van der Waals surface area (Å²) in [6, 6.07) is 3.41. The topological polar surface area (TPSA) is 53.3 Å². The van der Waals surface area contributed by atoms with E-state index >= 15 is 0 Å². The number of hydrogen-bond donors (Lipinski definition) is 0. The first kappa shape index (κ1) is 6.15. The minimum absolute atomic E-state index is 0.00398. The van der Waals surface area contributed by atoms with E-state index in [1.54, 1.807) is 18.3 Å². The number of carbonyl (C=O) groups excluding carboxylic acids is 1. The van der Waals surface area contributed by atoms with Crippen LogP contribution in [-0.2, 0) is 4.79 Å². The number of pyridine rings is 1. The maximum atomic E-state index is 10.7. The van der Waals surface area contributed by atoms with E-state index in [4.69, 9.17) is 4.74 Å². The molecular formula is C7H5N2O2. The van der Waals surface area contributed by atoms with Gasteiger partial charge in [0.1, 0.15) is 5.69 Å². The zero-order chi connectivity index (χ0) is 7.68. The van der Waals surface area contributed by atoms with Gasteiger partial charge in [-0.1, -0.05) is 0 Å². The molecule has 4 heteroatoms. The predicted octanol–water partition coefficient (Wildman–Crippen LogP) is 0.236. The van der Waals surface area contributed by atoms with Crippen LogP contribution in [0.1, 0.15) is 0 Å². The second-order valence-electron chi connectivity index (χ2n) is 2.12. The molecule has 0 aromatic carbocycles. The minimum Gasteiger partial charge on any atom is -0.466 e. The van der Waals surface area contributed by atoms with Crippen molar-refractivity contribution in [3.8, 4) is 5.88 Å². The van der Waals surface area contributed by atoms with Crippen LogP contribution >= 0.6 is 0 Å². The molecule has 0 fully saturated rings. The average Bonchev–Trinajstić information content (AvgIpc) is 2.04. The molecule has 1 radical (unpaired) electrons. The number of nitrogens with zero attached hydrogens (tertiary/aromatic N) is 2. The Hall–Kier alpha value is -1.58. The molecule has 1 amide bonds. The van der Waals surface area contributed by atoms with Crippen molar-refractivity contribution in [3.63, 3.8) is 0 Å². The van der Waals surface area contributed by atoms with E-state index < -0.39 is 0 Å². The van der Waals surface area contributed by atoms with Gasteiger partial charge in [0.05, 0.1) is 0 Å². The summed E-state index contributed by atoms with van der Waals surface area (Å²) >= 11 is 0. The van der Waals surface area contributed by atoms with Crippen LogP contribution in [0.3, 0.4) is 0 Å². The van der Waals surface area contributed by atoms with Gasteiger partial charge in [-0.05, 0) is 12.1 Å². The summed E-state index contributed by atoms with van der Waals surface area (Å²) in [5.74, 6) is 0.178. The molecule has 0 aliphatic carbocycles. The molecule has 55 valence electrons. The highest BCUT2D eigenvalue weighted by molar-refractivity contribution is 5.84. The fourth-order valence-corrected chi connectivity index (χ4v) is 0.875. The fraction of sp³-hybridized carbons (Fsp3) is 0.143. The summed E-state index contributed by atoms with van der Waals surface area (Å²) in [5.41, 5.74) is 0.517. The summed E-state index contributed by atoms with van der Waals surface area (Å²) < 4.78 is 4.98. The van der Waals surface area contributed by atoms with E-state index in [1.165, 1.54) is 0 Å². The standard InChI is InChI=1S/C7H5N2O2/c10-6-4-11-7-5(9-6)2-1-3-8-7/h1-3H,4H2. The lowest BCUT2D eigenvalue weighted by atomic mass is 10.3. The Morgan fingerprint density at radius 3 is 3.36 bits per heavy atom. The van der Waals surface area contributed by atoms with Crippen molar-refractivity contribution in [2.45, 2.75) is 0 Å². The molecule has 0 saturated carbocycles. The van der Waals surface area contributed by atoms with E-state index in [2.05, 4.69) is 10.3 Å². The number of carbonyl (C=O) groups is 1. The summed E-state index contributed by atoms with van der Waals surface area (Å²) in [4.78, 5) is 14.6. The van der Waals surface area contributed by atoms with Crippen molar-refractivity contribution in [2.24, 2.45) is 0 Å². The van der Waals surface area contributed by atoms with Gasteiger partial charge in [0, 0.05) is 6.20 Å². The zero-order valence-corrected chi connectivity index (χ0v) is 5.65. The molecule has 2 rings (SSSR count). The molecule has 1 aliphatic rings. The molecule has 1 aromatic heterocycles. The first-order valence-electron chi connectivity index (χ1n) is 3.18. The van der Waals surface area contributed by atoms with Crippen LogP contribution in [0.25, 0.3) is 0 Å². The van der Waals surface area contributed by atoms with Crippen molar-refractivity contribution < 1.29 is 9.53 Å². The Kier molecular flexibility index (Phi) is 1.25. The van der Waals surface area contributed by atoms with Crippen molar-refractivity contribution in [2.75, 3.05) is 6.61 Å². The van der Waals surface area contributed by atoms with Gasteiger partial charge in [0.25, 0.3) is 5.91 Å². The van der Waals surface area contributed by atoms with Gasteiger partial charge in [-0.3, -0.25) is 4.79 Å². The number of rotatable bonds is 0. The normalized spacial score (nSPS) is 14.7. The van der Waals surface area contributed by atoms with Crippen LogP contribution in [0.2, 0.25) is 0 Å². The average molecular weight is 149 g/mol. The smallest absolute Gasteiger partial charge is 0.284 e. The Morgan fingerprint density at radius 2 is 2.45 bits per heavy atom. The van der Waals surface area contributed by atoms with Gasteiger partial charge in [-0.15, -0.1) is 0 Å². The van der Waals surface area contributed by atoms with E-state index in [9.17, 15) is 4.79 Å². The first-order chi connectivity index (χ1) is 5.36. The van der Waals surface area contributed by atoms with Crippen molar-refractivity contribution in [1.82, 2.24) is 10.3 Å². The molecule has 0 saturated heterocycles. The highest BCUT2D eigenvalue weighted by atomic mass is 16.5. The van der Waals surface area contributed by atoms with E-state index in [1.807, 2.05) is 0 Å². The van der Waals surface area contributed by atoms with Crippen LogP contribution in [0.5, 0.6) is 5.88 Å². The lowest BCUT2D eigenvalue weighted by Gasteiger charge is -2.12. The molecule has 1 aliphatic heterocycles. The summed E-state index contributed by atoms with van der Waals surface area (Å²) in [6.07, 6.45) is 1.60. The van der Waals surface area contributed by atoms with Gasteiger partial charge >= 0.3 is 0 Å². The van der Waals surface area contributed by atoms with Crippen molar-refractivity contribution >= 4 is 11.6 Å². The van der Waals surface area contributed by atoms with Crippen LogP contribution < -0.4 is 10.1 Å². The van der Waals surface area contributed by atoms with Gasteiger partial charge in [0.15, 0.2) is 6.61 Å². The highest BCUT2D eigenvalue weighted by Crippen LogP contribution is 2.23. The number of amides is 1. The summed E-state index contributed by atoms with van der Waals surface area (Å²) in [5, 5.41) is 3.72. The quantitative estimate of drug-likeness (QED) is 0.530. The number of fused-ring (bicyclic) bond motifs is 1. The summed E-state index contributed by atoms with van der Waals surface area (Å²) in [7, 11) is 0. The number of hydrogen-bond acceptors (Lipinski definition) is 3. The van der Waals surface area contributed by atoms with Gasteiger partial charge in [-0.25, -0.2) is 10.3 Å². The predicted molar refractivity (Wildman–Crippen MR) is 36.5 cm³/mol. The Morgan fingerprint density at radius 1 is 1.55 bits per heavy atom. The first-order valence-corrected chi connectivity index (χ1v) is 3.18. The molecule has 0 spiro atoms. The Bertz CT molecular complexity index is 298. The lowest BCUT2D eigenvalue weighted by Crippen LogP contribution is -2.24. The Labute approximate surface area is 63.2 Å². The van der Waals surface area contributed by atoms with E-state index in [0.717, 1.165) is 0 Å². The molecule has 11 heavy (non-hydrogen) atoms. The van der Waals surface area contributed by atoms with E-state index in [-0.39, 0.29) is 12.5 Å². The molecule has 0 N–H and O–H groups in total. The van der Waals surface area contributed by atoms with E-state index in [0.29, 0.717) is 11.6 Å². The van der Waals surface area contributed by atoms with Crippen molar-refractivity contribution in [3.05, 3.63) is 18.3 Å². The third-order valence-electron chi connectivity index (χ3n) is 1.33. The Balaban J connectivity index is 2.41. The zero-order valence-electron chi connectivity index (χ0n) is 5.65. The highest BCUT2D eigenvalue weighted by Gasteiger charge is 2.17.